The van der Waals surface area contributed by atoms with Gasteiger partial charge in [0.05, 0.1) is 19.1 Å². The second-order valence-electron chi connectivity index (χ2n) is 7.18. The molecule has 1 N–H and O–H groups in total. The zero-order valence-corrected chi connectivity index (χ0v) is 15.8. The van der Waals surface area contributed by atoms with Gasteiger partial charge in [0.15, 0.2) is 11.3 Å². The van der Waals surface area contributed by atoms with Crippen molar-refractivity contribution >= 4 is 23.7 Å². The second kappa shape index (κ2) is 7.51. The van der Waals surface area contributed by atoms with Crippen molar-refractivity contribution in [1.29, 1.82) is 0 Å². The van der Waals surface area contributed by atoms with Gasteiger partial charge < -0.3 is 24.4 Å². The van der Waals surface area contributed by atoms with Crippen molar-refractivity contribution < 1.29 is 33.4 Å². The monoisotopic (exact) mass is 370 g/mol. The number of nitrogens with zero attached hydrogens (tertiary/aromatic N) is 1. The SMILES string of the molecule is CCOC(=O)C1=NO[C@@H]2CC[C@@](NC(=O)OC(C)(C)C)(C(=O)OCC)[C@H]12. The number of amides is 1. The summed E-state index contributed by atoms with van der Waals surface area (Å²) in [7, 11) is 0. The molecule has 26 heavy (non-hydrogen) atoms. The van der Waals surface area contributed by atoms with Gasteiger partial charge in [-0.3, -0.25) is 0 Å². The first-order valence-electron chi connectivity index (χ1n) is 8.73. The summed E-state index contributed by atoms with van der Waals surface area (Å²) in [5.74, 6) is -2.13. The van der Waals surface area contributed by atoms with E-state index in [2.05, 4.69) is 10.5 Å². The third-order valence-electron chi connectivity index (χ3n) is 4.16. The summed E-state index contributed by atoms with van der Waals surface area (Å²) in [6.07, 6.45) is -0.639. The van der Waals surface area contributed by atoms with Gasteiger partial charge in [-0.15, -0.1) is 0 Å². The van der Waals surface area contributed by atoms with Gasteiger partial charge in [-0.2, -0.15) is 0 Å². The van der Waals surface area contributed by atoms with Crippen LogP contribution in [0.15, 0.2) is 5.16 Å². The van der Waals surface area contributed by atoms with Gasteiger partial charge in [-0.1, -0.05) is 5.16 Å². The van der Waals surface area contributed by atoms with Gasteiger partial charge in [0.25, 0.3) is 0 Å². The van der Waals surface area contributed by atoms with Crippen LogP contribution >= 0.6 is 0 Å². The molecule has 0 aromatic rings. The summed E-state index contributed by atoms with van der Waals surface area (Å²) in [6.45, 7) is 8.75. The highest BCUT2D eigenvalue weighted by Gasteiger charge is 2.63. The van der Waals surface area contributed by atoms with E-state index in [1.807, 2.05) is 0 Å². The van der Waals surface area contributed by atoms with Gasteiger partial charge in [-0.25, -0.2) is 14.4 Å². The quantitative estimate of drug-likeness (QED) is 0.577. The molecule has 0 saturated heterocycles. The van der Waals surface area contributed by atoms with E-state index < -0.39 is 41.2 Å². The topological polar surface area (TPSA) is 113 Å². The van der Waals surface area contributed by atoms with Gasteiger partial charge in [-0.05, 0) is 47.5 Å². The lowest BCUT2D eigenvalue weighted by Gasteiger charge is -2.33. The van der Waals surface area contributed by atoms with E-state index in [1.54, 1.807) is 34.6 Å². The molecule has 1 fully saturated rings. The Balaban J connectivity index is 2.34. The predicted octanol–water partition coefficient (Wildman–Crippen LogP) is 1.54. The number of esters is 2. The number of rotatable bonds is 5. The van der Waals surface area contributed by atoms with Gasteiger partial charge >= 0.3 is 18.0 Å². The minimum atomic E-state index is -1.49. The smallest absolute Gasteiger partial charge is 0.408 e. The molecular weight excluding hydrogens is 344 g/mol. The zero-order chi connectivity index (χ0) is 19.5. The van der Waals surface area contributed by atoms with E-state index in [4.69, 9.17) is 19.0 Å². The first-order chi connectivity index (χ1) is 12.1. The molecule has 1 aliphatic carbocycles. The molecule has 1 amide bonds. The number of oxime groups is 1. The summed E-state index contributed by atoms with van der Waals surface area (Å²) in [5, 5.41) is 6.43. The van der Waals surface area contributed by atoms with Crippen LogP contribution in [0.25, 0.3) is 0 Å². The molecule has 1 saturated carbocycles. The van der Waals surface area contributed by atoms with Crippen molar-refractivity contribution in [2.24, 2.45) is 11.1 Å². The average Bonchev–Trinajstić information content (AvgIpc) is 3.08. The Morgan fingerprint density at radius 2 is 1.88 bits per heavy atom. The van der Waals surface area contributed by atoms with Crippen molar-refractivity contribution in [3.63, 3.8) is 0 Å². The third-order valence-corrected chi connectivity index (χ3v) is 4.16. The number of nitrogens with one attached hydrogen (secondary N) is 1. The molecule has 2 aliphatic rings. The third kappa shape index (κ3) is 3.91. The molecule has 9 nitrogen and oxygen atoms in total. The van der Waals surface area contributed by atoms with Crippen molar-refractivity contribution in [2.75, 3.05) is 13.2 Å². The Morgan fingerprint density at radius 1 is 1.23 bits per heavy atom. The van der Waals surface area contributed by atoms with E-state index in [1.165, 1.54) is 0 Å². The lowest BCUT2D eigenvalue weighted by atomic mass is 9.82. The fourth-order valence-corrected chi connectivity index (χ4v) is 3.25. The predicted molar refractivity (Wildman–Crippen MR) is 90.4 cm³/mol. The number of carbonyl (C=O) groups is 3. The van der Waals surface area contributed by atoms with E-state index in [-0.39, 0.29) is 25.3 Å². The standard InChI is InChI=1S/C17H26N2O7/c1-6-23-13(20)12-11-10(26-19-12)8-9-17(11,14(21)24-7-2)18-15(22)25-16(3,4)5/h10-11H,6-9H2,1-5H3,(H,18,22)/t10-,11+,17+/m1/s1. The van der Waals surface area contributed by atoms with Crippen molar-refractivity contribution in [1.82, 2.24) is 5.32 Å². The van der Waals surface area contributed by atoms with Crippen LogP contribution in [0, 0.1) is 5.92 Å². The van der Waals surface area contributed by atoms with Crippen LogP contribution in [0.5, 0.6) is 0 Å². The molecule has 3 atom stereocenters. The number of alkyl carbamates (subject to hydrolysis) is 1. The van der Waals surface area contributed by atoms with E-state index in [0.29, 0.717) is 6.42 Å². The molecule has 0 unspecified atom stereocenters. The Labute approximate surface area is 152 Å². The molecule has 2 rings (SSSR count). The molecule has 0 aromatic carbocycles. The minimum absolute atomic E-state index is 0.0292. The number of hydrogen-bond acceptors (Lipinski definition) is 8. The molecule has 9 heteroatoms. The summed E-state index contributed by atoms with van der Waals surface area (Å²) < 4.78 is 15.5. The number of carbonyl (C=O) groups excluding carboxylic acids is 3. The van der Waals surface area contributed by atoms with Crippen LogP contribution in [0.4, 0.5) is 4.79 Å². The van der Waals surface area contributed by atoms with E-state index in [0.717, 1.165) is 0 Å². The molecular formula is C17H26N2O7. The highest BCUT2D eigenvalue weighted by atomic mass is 16.7. The van der Waals surface area contributed by atoms with Gasteiger partial charge in [0.1, 0.15) is 11.7 Å². The second-order valence-corrected chi connectivity index (χ2v) is 7.18. The van der Waals surface area contributed by atoms with Gasteiger partial charge in [0.2, 0.25) is 0 Å². The zero-order valence-electron chi connectivity index (χ0n) is 15.8. The maximum absolute atomic E-state index is 12.8. The van der Waals surface area contributed by atoms with Crippen LogP contribution in [-0.2, 0) is 28.6 Å². The highest BCUT2D eigenvalue weighted by molar-refractivity contribution is 6.38. The summed E-state index contributed by atoms with van der Waals surface area (Å²) in [4.78, 5) is 42.7. The van der Waals surface area contributed by atoms with Crippen LogP contribution < -0.4 is 5.32 Å². The minimum Gasteiger partial charge on any atom is -0.464 e. The molecule has 0 radical (unpaired) electrons. The first kappa shape index (κ1) is 20.0. The van der Waals surface area contributed by atoms with Crippen LogP contribution in [-0.4, -0.2) is 54.2 Å². The average molecular weight is 370 g/mol. The molecule has 1 heterocycles. The number of fused-ring (bicyclic) bond motifs is 1. The lowest BCUT2D eigenvalue weighted by molar-refractivity contribution is -0.152. The molecule has 0 aromatic heterocycles. The largest absolute Gasteiger partial charge is 0.464 e. The Morgan fingerprint density at radius 3 is 2.46 bits per heavy atom. The number of hydrogen-bond donors (Lipinski definition) is 1. The van der Waals surface area contributed by atoms with Crippen LogP contribution in [0.2, 0.25) is 0 Å². The van der Waals surface area contributed by atoms with Crippen molar-refractivity contribution in [3.05, 3.63) is 0 Å². The van der Waals surface area contributed by atoms with Crippen LogP contribution in [0.1, 0.15) is 47.5 Å². The normalized spacial score (nSPS) is 27.0. The van der Waals surface area contributed by atoms with Crippen molar-refractivity contribution in [3.8, 4) is 0 Å². The Kier molecular flexibility index (Phi) is 5.77. The van der Waals surface area contributed by atoms with E-state index in [9.17, 15) is 14.4 Å². The Bertz CT molecular complexity index is 611. The molecule has 1 aliphatic heterocycles. The summed E-state index contributed by atoms with van der Waals surface area (Å²) in [6, 6.07) is 0. The number of ether oxygens (including phenoxy) is 3. The summed E-state index contributed by atoms with van der Waals surface area (Å²) in [5.41, 5.74) is -2.27. The molecule has 0 spiro atoms. The fraction of sp³-hybridized carbons (Fsp3) is 0.765. The maximum Gasteiger partial charge on any atom is 0.408 e. The van der Waals surface area contributed by atoms with Gasteiger partial charge in [0, 0.05) is 0 Å². The molecule has 0 bridgehead atoms. The first-order valence-corrected chi connectivity index (χ1v) is 8.73. The van der Waals surface area contributed by atoms with Crippen LogP contribution in [0.3, 0.4) is 0 Å². The summed E-state index contributed by atoms with van der Waals surface area (Å²) >= 11 is 0. The highest BCUT2D eigenvalue weighted by Crippen LogP contribution is 2.43. The Hall–Kier alpha value is -2.32. The lowest BCUT2D eigenvalue weighted by Crippen LogP contribution is -2.61. The fourth-order valence-electron chi connectivity index (χ4n) is 3.25. The van der Waals surface area contributed by atoms with Crippen molar-refractivity contribution in [2.45, 2.75) is 64.7 Å². The van der Waals surface area contributed by atoms with E-state index >= 15 is 0 Å². The molecule has 146 valence electrons. The maximum atomic E-state index is 12.8.